The lowest BCUT2D eigenvalue weighted by Gasteiger charge is -2.46. The molecule has 4 aromatic carbocycles. The van der Waals surface area contributed by atoms with Gasteiger partial charge in [-0.1, -0.05) is 66.7 Å². The van der Waals surface area contributed by atoms with Crippen molar-refractivity contribution in [1.29, 1.82) is 0 Å². The predicted molar refractivity (Wildman–Crippen MR) is 169 cm³/mol. The van der Waals surface area contributed by atoms with Crippen LogP contribution in [0.2, 0.25) is 0 Å². The van der Waals surface area contributed by atoms with Crippen LogP contribution in [0.1, 0.15) is 20.8 Å². The van der Waals surface area contributed by atoms with E-state index in [0.717, 1.165) is 56.3 Å². The number of phenols is 1. The van der Waals surface area contributed by atoms with Gasteiger partial charge in [0, 0.05) is 22.7 Å². The number of para-hydroxylation sites is 3. The normalized spacial score (nSPS) is 12.8. The number of hydrogen-bond donors (Lipinski definition) is 1. The molecule has 2 aromatic heterocycles. The minimum atomic E-state index is -0.176. The summed E-state index contributed by atoms with van der Waals surface area (Å²) in [4.78, 5) is 14.4. The van der Waals surface area contributed by atoms with Crippen LogP contribution < -0.4 is 9.80 Å². The first-order valence-corrected chi connectivity index (χ1v) is 13.8. The number of fused-ring (bicyclic) bond motifs is 3. The summed E-state index contributed by atoms with van der Waals surface area (Å²) in [5.41, 5.74) is 8.74. The smallest absolute Gasteiger partial charge is 0.141 e. The van der Waals surface area contributed by atoms with Gasteiger partial charge < -0.3 is 10.0 Å². The summed E-state index contributed by atoms with van der Waals surface area (Å²) in [6.07, 6.45) is 1.88. The van der Waals surface area contributed by atoms with Gasteiger partial charge in [-0.25, -0.2) is 9.97 Å². The molecule has 1 N–H and O–H groups in total. The SMILES string of the molecule is CC(C)(C)N1c2ccccc2N(c2cc(-c3ccccc3)ccn2)c2cc(-c3ccc4cccc(O)c4n3)ccc21. The number of anilines is 5. The Hall–Kier alpha value is -5.16. The zero-order valence-corrected chi connectivity index (χ0v) is 23.3. The maximum Gasteiger partial charge on any atom is 0.141 e. The highest BCUT2D eigenvalue weighted by molar-refractivity contribution is 5.99. The zero-order chi connectivity index (χ0) is 28.1. The van der Waals surface area contributed by atoms with Crippen molar-refractivity contribution in [3.05, 3.63) is 121 Å². The Labute approximate surface area is 240 Å². The fourth-order valence-electron chi connectivity index (χ4n) is 5.77. The second-order valence-corrected chi connectivity index (χ2v) is 11.3. The number of rotatable bonds is 3. The number of nitrogens with zero attached hydrogens (tertiary/aromatic N) is 4. The summed E-state index contributed by atoms with van der Waals surface area (Å²) < 4.78 is 0. The zero-order valence-electron chi connectivity index (χ0n) is 23.3. The maximum absolute atomic E-state index is 10.5. The second-order valence-electron chi connectivity index (χ2n) is 11.3. The van der Waals surface area contributed by atoms with Crippen molar-refractivity contribution in [2.24, 2.45) is 0 Å². The molecule has 7 rings (SSSR count). The van der Waals surface area contributed by atoms with Crippen LogP contribution in [0.25, 0.3) is 33.3 Å². The number of phenolic OH excluding ortho intramolecular Hbond substituents is 1. The van der Waals surface area contributed by atoms with E-state index < -0.39 is 0 Å². The van der Waals surface area contributed by atoms with E-state index in [1.165, 1.54) is 0 Å². The Bertz CT molecular complexity index is 1910. The summed E-state index contributed by atoms with van der Waals surface area (Å²) in [7, 11) is 0. The quantitative estimate of drug-likeness (QED) is 0.245. The molecule has 0 spiro atoms. The summed E-state index contributed by atoms with van der Waals surface area (Å²) >= 11 is 0. The molecule has 0 amide bonds. The molecule has 1 aliphatic heterocycles. The summed E-state index contributed by atoms with van der Waals surface area (Å²) in [6.45, 7) is 6.71. The molecule has 0 saturated heterocycles. The molecular formula is C36H30N4O. The first kappa shape index (κ1) is 24.9. The average Bonchev–Trinajstić information content (AvgIpc) is 2.99. The summed E-state index contributed by atoms with van der Waals surface area (Å²) in [6, 6.07) is 39.1. The molecule has 0 unspecified atom stereocenters. The number of pyridine rings is 2. The minimum absolute atomic E-state index is 0.176. The van der Waals surface area contributed by atoms with Crippen molar-refractivity contribution in [1.82, 2.24) is 9.97 Å². The topological polar surface area (TPSA) is 52.5 Å². The predicted octanol–water partition coefficient (Wildman–Crippen LogP) is 9.39. The van der Waals surface area contributed by atoms with E-state index in [-0.39, 0.29) is 11.3 Å². The molecule has 0 atom stereocenters. The van der Waals surface area contributed by atoms with E-state index in [9.17, 15) is 5.11 Å². The summed E-state index contributed by atoms with van der Waals surface area (Å²) in [5.74, 6) is 1.02. The van der Waals surface area contributed by atoms with Crippen LogP contribution >= 0.6 is 0 Å². The van der Waals surface area contributed by atoms with Crippen LogP contribution in [-0.2, 0) is 0 Å². The number of benzene rings is 4. The third-order valence-electron chi connectivity index (χ3n) is 7.57. The molecule has 0 radical (unpaired) electrons. The van der Waals surface area contributed by atoms with Gasteiger partial charge >= 0.3 is 0 Å². The third kappa shape index (κ3) is 4.27. The highest BCUT2D eigenvalue weighted by Gasteiger charge is 2.35. The fraction of sp³-hybridized carbons (Fsp3) is 0.111. The van der Waals surface area contributed by atoms with E-state index in [1.54, 1.807) is 6.07 Å². The molecule has 6 aromatic rings. The van der Waals surface area contributed by atoms with Crippen molar-refractivity contribution in [3.63, 3.8) is 0 Å². The Balaban J connectivity index is 1.46. The monoisotopic (exact) mass is 534 g/mol. The van der Waals surface area contributed by atoms with Crippen LogP contribution in [0, 0.1) is 0 Å². The van der Waals surface area contributed by atoms with E-state index >= 15 is 0 Å². The minimum Gasteiger partial charge on any atom is -0.506 e. The molecule has 0 aliphatic carbocycles. The van der Waals surface area contributed by atoms with Crippen LogP contribution in [0.4, 0.5) is 28.6 Å². The molecule has 5 nitrogen and oxygen atoms in total. The van der Waals surface area contributed by atoms with Gasteiger partial charge in [0.15, 0.2) is 0 Å². The lowest BCUT2D eigenvalue weighted by molar-refractivity contribution is 0.480. The van der Waals surface area contributed by atoms with Crippen molar-refractivity contribution >= 4 is 39.5 Å². The largest absolute Gasteiger partial charge is 0.506 e. The molecular weight excluding hydrogens is 504 g/mol. The van der Waals surface area contributed by atoms with Gasteiger partial charge in [0.2, 0.25) is 0 Å². The highest BCUT2D eigenvalue weighted by atomic mass is 16.3. The van der Waals surface area contributed by atoms with Crippen molar-refractivity contribution in [3.8, 4) is 28.1 Å². The van der Waals surface area contributed by atoms with Gasteiger partial charge in [-0.05, 0) is 80.4 Å². The van der Waals surface area contributed by atoms with Gasteiger partial charge in [0.25, 0.3) is 0 Å². The molecule has 0 fully saturated rings. The second kappa shape index (κ2) is 9.49. The Morgan fingerprint density at radius 2 is 1.37 bits per heavy atom. The van der Waals surface area contributed by atoms with Crippen LogP contribution in [0.15, 0.2) is 121 Å². The van der Waals surface area contributed by atoms with E-state index in [4.69, 9.17) is 9.97 Å². The first-order valence-electron chi connectivity index (χ1n) is 13.8. The Kier molecular flexibility index (Phi) is 5.75. The molecule has 200 valence electrons. The van der Waals surface area contributed by atoms with Gasteiger partial charge in [0.05, 0.1) is 28.4 Å². The van der Waals surface area contributed by atoms with Gasteiger partial charge in [0.1, 0.15) is 17.1 Å². The molecule has 1 aliphatic rings. The summed E-state index contributed by atoms with van der Waals surface area (Å²) in [5, 5.41) is 11.4. The van der Waals surface area contributed by atoms with Gasteiger partial charge in [-0.3, -0.25) is 4.90 Å². The maximum atomic E-state index is 10.5. The number of aromatic hydroxyl groups is 1. The molecule has 0 saturated carbocycles. The Morgan fingerprint density at radius 1 is 0.610 bits per heavy atom. The fourth-order valence-corrected chi connectivity index (χ4v) is 5.77. The van der Waals surface area contributed by atoms with Crippen molar-refractivity contribution in [2.75, 3.05) is 9.80 Å². The lowest BCUT2D eigenvalue weighted by atomic mass is 9.96. The van der Waals surface area contributed by atoms with Gasteiger partial charge in [-0.2, -0.15) is 0 Å². The van der Waals surface area contributed by atoms with Crippen molar-refractivity contribution in [2.45, 2.75) is 26.3 Å². The van der Waals surface area contributed by atoms with E-state index in [0.29, 0.717) is 5.52 Å². The molecule has 5 heteroatoms. The van der Waals surface area contributed by atoms with Gasteiger partial charge in [-0.15, -0.1) is 0 Å². The Morgan fingerprint density at radius 3 is 2.17 bits per heavy atom. The van der Waals surface area contributed by atoms with E-state index in [2.05, 4.69) is 109 Å². The lowest BCUT2D eigenvalue weighted by Crippen LogP contribution is -2.41. The van der Waals surface area contributed by atoms with Crippen LogP contribution in [0.5, 0.6) is 5.75 Å². The first-order chi connectivity index (χ1) is 19.9. The number of hydrogen-bond acceptors (Lipinski definition) is 5. The average molecular weight is 535 g/mol. The third-order valence-corrected chi connectivity index (χ3v) is 7.57. The highest BCUT2D eigenvalue weighted by Crippen LogP contribution is 2.54. The molecule has 3 heterocycles. The van der Waals surface area contributed by atoms with Crippen LogP contribution in [-0.4, -0.2) is 20.6 Å². The molecule has 41 heavy (non-hydrogen) atoms. The molecule has 0 bridgehead atoms. The standard InChI is InChI=1S/C36H30N4O/c1-36(2,3)40-30-14-8-7-13-29(30)39(34-23-26(20-21-37-34)24-10-5-4-6-11-24)32-22-27(17-19-31(32)40)28-18-16-25-12-9-15-33(41)35(25)38-28/h4-23,41H,1-3H3. The van der Waals surface area contributed by atoms with Crippen LogP contribution in [0.3, 0.4) is 0 Å². The number of aromatic nitrogens is 2. The van der Waals surface area contributed by atoms with E-state index in [1.807, 2.05) is 36.5 Å². The van der Waals surface area contributed by atoms with Crippen molar-refractivity contribution < 1.29 is 5.11 Å².